The molecule has 0 aromatic rings. The fourth-order valence-corrected chi connectivity index (χ4v) is 5.50. The molecular weight excluding hydrogens is 608 g/mol. The summed E-state index contributed by atoms with van der Waals surface area (Å²) in [7, 11) is 0. The van der Waals surface area contributed by atoms with E-state index in [1.165, 1.54) is 6.92 Å². The molecule has 20 nitrogen and oxygen atoms in total. The summed E-state index contributed by atoms with van der Waals surface area (Å²) in [6, 6.07) is 0. The molecule has 0 aromatic heterocycles. The quantitative estimate of drug-likeness (QED) is 0.110. The lowest BCUT2D eigenvalue weighted by Gasteiger charge is -2.48. The predicted molar refractivity (Wildman–Crippen MR) is 132 cm³/mol. The Labute approximate surface area is 249 Å². The lowest BCUT2D eigenvalue weighted by atomic mass is 9.96. The van der Waals surface area contributed by atoms with Gasteiger partial charge in [-0.15, -0.1) is 0 Å². The molecule has 4 saturated heterocycles. The zero-order valence-electron chi connectivity index (χ0n) is 23.3. The van der Waals surface area contributed by atoms with Gasteiger partial charge in [-0.3, -0.25) is 0 Å². The zero-order valence-corrected chi connectivity index (χ0v) is 23.3. The zero-order chi connectivity index (χ0) is 32.6. The Kier molecular flexibility index (Phi) is 12.3. The van der Waals surface area contributed by atoms with Crippen LogP contribution in [0.15, 0.2) is 0 Å². The summed E-state index contributed by atoms with van der Waals surface area (Å²) in [4.78, 5) is 0. The van der Waals surface area contributed by atoms with Crippen molar-refractivity contribution in [2.45, 2.75) is 130 Å². The Morgan fingerprint density at radius 3 is 1.25 bits per heavy atom. The van der Waals surface area contributed by atoms with Gasteiger partial charge < -0.3 is 99.5 Å². The van der Waals surface area contributed by atoms with Crippen molar-refractivity contribution in [3.63, 3.8) is 0 Å². The summed E-state index contributed by atoms with van der Waals surface area (Å²) < 4.78 is 38.1. The minimum absolute atomic E-state index is 0.768. The molecule has 0 spiro atoms. The third kappa shape index (κ3) is 7.05. The van der Waals surface area contributed by atoms with E-state index < -0.39 is 143 Å². The SMILES string of the molecule is C[C@H]1OC(O)[C@H](O[C@@H]2O[C@H](CO)[C@@H](O)[C@H](O)[C@H]2O)[C@@H](O)[C@H]1O[C@@H]1O[C@H](CO)[C@H](O[C@@H]2O[C@H](CO)[C@@H](O)[C@H](O)[C@H]2O)[C@H](O)[C@H]1O. The highest BCUT2D eigenvalue weighted by Gasteiger charge is 2.54. The maximum Gasteiger partial charge on any atom is 0.187 e. The average Bonchev–Trinajstić information content (AvgIpc) is 3.00. The molecule has 4 fully saturated rings. The average molecular weight is 651 g/mol. The van der Waals surface area contributed by atoms with Crippen LogP contribution in [-0.2, 0) is 33.2 Å². The summed E-state index contributed by atoms with van der Waals surface area (Å²) in [5.41, 5.74) is 0. The predicted octanol–water partition coefficient (Wildman–Crippen LogP) is -8.72. The Bertz CT molecular complexity index is 896. The minimum atomic E-state index is -1.95. The Hall–Kier alpha value is -0.800. The molecule has 258 valence electrons. The van der Waals surface area contributed by atoms with Crippen molar-refractivity contribution in [2.24, 2.45) is 0 Å². The van der Waals surface area contributed by atoms with Gasteiger partial charge in [-0.2, -0.15) is 0 Å². The van der Waals surface area contributed by atoms with E-state index in [9.17, 15) is 66.4 Å². The Balaban J connectivity index is 1.44. The van der Waals surface area contributed by atoms with Gasteiger partial charge in [0.25, 0.3) is 0 Å². The summed E-state index contributed by atoms with van der Waals surface area (Å²) in [5.74, 6) is 0. The molecule has 4 aliphatic heterocycles. The number of aliphatic hydroxyl groups is 13. The number of hydrogen-bond donors (Lipinski definition) is 13. The highest BCUT2D eigenvalue weighted by Crippen LogP contribution is 2.34. The van der Waals surface area contributed by atoms with Crippen LogP contribution in [0.2, 0.25) is 0 Å². The van der Waals surface area contributed by atoms with Crippen LogP contribution in [0.3, 0.4) is 0 Å². The molecule has 1 unspecified atom stereocenters. The maximum absolute atomic E-state index is 11.1. The van der Waals surface area contributed by atoms with Crippen LogP contribution in [0.4, 0.5) is 0 Å². The summed E-state index contributed by atoms with van der Waals surface area (Å²) in [6.07, 6.45) is -33.8. The maximum atomic E-state index is 11.1. The van der Waals surface area contributed by atoms with E-state index in [0.29, 0.717) is 0 Å². The summed E-state index contributed by atoms with van der Waals surface area (Å²) in [5, 5.41) is 132. The molecule has 0 saturated carbocycles. The highest BCUT2D eigenvalue weighted by atomic mass is 16.8. The molecule has 44 heavy (non-hydrogen) atoms. The van der Waals surface area contributed by atoms with E-state index in [1.54, 1.807) is 0 Å². The van der Waals surface area contributed by atoms with E-state index in [1.807, 2.05) is 0 Å². The molecule has 4 rings (SSSR count). The van der Waals surface area contributed by atoms with Crippen LogP contribution in [0, 0.1) is 0 Å². The first kappa shape index (κ1) is 36.0. The molecule has 13 N–H and O–H groups in total. The molecule has 4 heterocycles. The van der Waals surface area contributed by atoms with Crippen LogP contribution in [0.25, 0.3) is 0 Å². The van der Waals surface area contributed by atoms with Gasteiger partial charge >= 0.3 is 0 Å². The minimum Gasteiger partial charge on any atom is -0.394 e. The normalized spacial score (nSPS) is 53.9. The molecule has 0 aliphatic carbocycles. The first-order valence-electron chi connectivity index (χ1n) is 14.0. The first-order chi connectivity index (χ1) is 20.7. The molecule has 20 heteroatoms. The second-order valence-electron chi connectivity index (χ2n) is 11.1. The van der Waals surface area contributed by atoms with Crippen LogP contribution < -0.4 is 0 Å². The Morgan fingerprint density at radius 2 is 0.795 bits per heavy atom. The molecule has 20 atom stereocenters. The van der Waals surface area contributed by atoms with Gasteiger partial charge in [-0.05, 0) is 6.92 Å². The van der Waals surface area contributed by atoms with Gasteiger partial charge in [0.1, 0.15) is 91.6 Å². The topological polar surface area (TPSA) is 328 Å². The van der Waals surface area contributed by atoms with Crippen molar-refractivity contribution < 1.29 is 99.5 Å². The fourth-order valence-electron chi connectivity index (χ4n) is 5.50. The van der Waals surface area contributed by atoms with Gasteiger partial charge in [0, 0.05) is 0 Å². The van der Waals surface area contributed by atoms with Gasteiger partial charge in [0.15, 0.2) is 25.2 Å². The van der Waals surface area contributed by atoms with E-state index in [-0.39, 0.29) is 0 Å². The number of rotatable bonds is 9. The second-order valence-corrected chi connectivity index (χ2v) is 11.1. The molecule has 0 amide bonds. The van der Waals surface area contributed by atoms with Gasteiger partial charge in [-0.1, -0.05) is 0 Å². The van der Waals surface area contributed by atoms with Gasteiger partial charge in [-0.25, -0.2) is 0 Å². The number of ether oxygens (including phenoxy) is 7. The summed E-state index contributed by atoms with van der Waals surface area (Å²) >= 11 is 0. The molecular formula is C24H42O20. The van der Waals surface area contributed by atoms with E-state index in [0.717, 1.165) is 0 Å². The summed E-state index contributed by atoms with van der Waals surface area (Å²) in [6.45, 7) is -1.03. The first-order valence-corrected chi connectivity index (χ1v) is 14.0. The van der Waals surface area contributed by atoms with Crippen molar-refractivity contribution >= 4 is 0 Å². The van der Waals surface area contributed by atoms with Crippen molar-refractivity contribution in [3.05, 3.63) is 0 Å². The van der Waals surface area contributed by atoms with Gasteiger partial charge in [0.2, 0.25) is 0 Å². The number of aliphatic hydroxyl groups excluding tert-OH is 13. The smallest absolute Gasteiger partial charge is 0.187 e. The van der Waals surface area contributed by atoms with Gasteiger partial charge in [0.05, 0.1) is 25.9 Å². The van der Waals surface area contributed by atoms with Crippen LogP contribution in [0.1, 0.15) is 6.92 Å². The monoisotopic (exact) mass is 650 g/mol. The molecule has 4 aliphatic rings. The fraction of sp³-hybridized carbons (Fsp3) is 1.00. The standard InChI is InChI=1S/C24H42O20/c1-5-18(17(36)20(21(37)38-5)44-23-15(34)12(31)10(29)7(3-26)40-23)42-24-16(35)13(32)19(8(4-27)41-24)43-22-14(33)11(30)9(28)6(2-25)39-22/h5-37H,2-4H2,1H3/t5-,6-,7-,8-,9-,10-,11+,12+,13-,14-,15-,16-,17+,18+,19+,20-,21?,22+,23+,24+/m1/s1. The van der Waals surface area contributed by atoms with Crippen LogP contribution in [-0.4, -0.2) is 209 Å². The number of hydrogen-bond acceptors (Lipinski definition) is 20. The molecule has 0 aromatic carbocycles. The van der Waals surface area contributed by atoms with Crippen molar-refractivity contribution in [1.82, 2.24) is 0 Å². The molecule has 0 radical (unpaired) electrons. The third-order valence-corrected chi connectivity index (χ3v) is 8.16. The van der Waals surface area contributed by atoms with E-state index in [4.69, 9.17) is 33.2 Å². The lowest BCUT2D eigenvalue weighted by Crippen LogP contribution is -2.67. The lowest BCUT2D eigenvalue weighted by molar-refractivity contribution is -0.388. The van der Waals surface area contributed by atoms with Crippen LogP contribution in [0.5, 0.6) is 0 Å². The highest BCUT2D eigenvalue weighted by molar-refractivity contribution is 4.97. The molecule has 0 bridgehead atoms. The van der Waals surface area contributed by atoms with Crippen molar-refractivity contribution in [2.75, 3.05) is 19.8 Å². The van der Waals surface area contributed by atoms with Crippen LogP contribution >= 0.6 is 0 Å². The largest absolute Gasteiger partial charge is 0.394 e. The second kappa shape index (κ2) is 15.0. The van der Waals surface area contributed by atoms with E-state index in [2.05, 4.69) is 0 Å². The third-order valence-electron chi connectivity index (χ3n) is 8.16. The Morgan fingerprint density at radius 1 is 0.409 bits per heavy atom. The van der Waals surface area contributed by atoms with Crippen molar-refractivity contribution in [1.29, 1.82) is 0 Å². The van der Waals surface area contributed by atoms with Crippen molar-refractivity contribution in [3.8, 4) is 0 Å². The van der Waals surface area contributed by atoms with E-state index >= 15 is 0 Å².